The van der Waals surface area contributed by atoms with Gasteiger partial charge >= 0.3 is 0 Å². The molecule has 0 radical (unpaired) electrons. The van der Waals surface area contributed by atoms with Gasteiger partial charge in [0.2, 0.25) is 0 Å². The Morgan fingerprint density at radius 3 is 2.69 bits per heavy atom. The van der Waals surface area contributed by atoms with Crippen LogP contribution >= 0.6 is 0 Å². The van der Waals surface area contributed by atoms with Crippen molar-refractivity contribution in [2.45, 2.75) is 26.3 Å². The van der Waals surface area contributed by atoms with Gasteiger partial charge in [-0.1, -0.05) is 19.9 Å². The fourth-order valence-corrected chi connectivity index (χ4v) is 1.73. The largest absolute Gasteiger partial charge is 0.497 e. The first kappa shape index (κ1) is 12.8. The first-order chi connectivity index (χ1) is 7.65. The second-order valence-corrected chi connectivity index (χ2v) is 4.44. The van der Waals surface area contributed by atoms with Crippen LogP contribution in [0.15, 0.2) is 24.3 Å². The molecule has 0 spiro atoms. The average Bonchev–Trinajstić information content (AvgIpc) is 2.28. The Bertz CT molecular complexity index is 313. The van der Waals surface area contributed by atoms with Crippen LogP contribution in [0.3, 0.4) is 0 Å². The number of benzene rings is 1. The van der Waals surface area contributed by atoms with E-state index in [0.717, 1.165) is 17.9 Å². The Balaban J connectivity index is 2.62. The van der Waals surface area contributed by atoms with Crippen LogP contribution in [0.25, 0.3) is 0 Å². The molecular weight excluding hydrogens is 200 g/mol. The van der Waals surface area contributed by atoms with Crippen molar-refractivity contribution in [3.05, 3.63) is 24.3 Å². The minimum absolute atomic E-state index is 0.326. The summed E-state index contributed by atoms with van der Waals surface area (Å²) in [5.74, 6) is 1.51. The molecule has 0 amide bonds. The highest BCUT2D eigenvalue weighted by Crippen LogP contribution is 2.18. The van der Waals surface area contributed by atoms with Crippen LogP contribution in [0.1, 0.15) is 20.3 Å². The lowest BCUT2D eigenvalue weighted by atomic mass is 10.0. The number of ether oxygens (including phenoxy) is 1. The molecule has 1 aromatic rings. The molecule has 0 aliphatic carbocycles. The third-order valence-corrected chi connectivity index (χ3v) is 2.48. The monoisotopic (exact) mass is 222 g/mol. The predicted molar refractivity (Wildman–Crippen MR) is 68.9 cm³/mol. The number of nitrogens with one attached hydrogen (secondary N) is 1. The Kier molecular flexibility index (Phi) is 5.12. The zero-order valence-corrected chi connectivity index (χ0v) is 10.4. The molecule has 1 aromatic carbocycles. The average molecular weight is 222 g/mol. The van der Waals surface area contributed by atoms with Crippen molar-refractivity contribution < 1.29 is 4.74 Å². The van der Waals surface area contributed by atoms with E-state index in [1.165, 1.54) is 0 Å². The van der Waals surface area contributed by atoms with E-state index >= 15 is 0 Å². The molecule has 0 saturated carbocycles. The molecule has 3 nitrogen and oxygen atoms in total. The van der Waals surface area contributed by atoms with Gasteiger partial charge in [-0.3, -0.25) is 0 Å². The van der Waals surface area contributed by atoms with Crippen molar-refractivity contribution in [1.82, 2.24) is 0 Å². The maximum Gasteiger partial charge on any atom is 0.120 e. The third kappa shape index (κ3) is 4.11. The summed E-state index contributed by atoms with van der Waals surface area (Å²) in [5.41, 5.74) is 6.81. The quantitative estimate of drug-likeness (QED) is 0.777. The second-order valence-electron chi connectivity index (χ2n) is 4.44. The zero-order chi connectivity index (χ0) is 12.0. The van der Waals surface area contributed by atoms with Gasteiger partial charge in [0.05, 0.1) is 7.11 Å². The topological polar surface area (TPSA) is 47.3 Å². The van der Waals surface area contributed by atoms with Gasteiger partial charge in [0, 0.05) is 24.3 Å². The highest BCUT2D eigenvalue weighted by molar-refractivity contribution is 5.48. The highest BCUT2D eigenvalue weighted by atomic mass is 16.5. The molecule has 1 rings (SSSR count). The summed E-state index contributed by atoms with van der Waals surface area (Å²) in [6, 6.07) is 8.26. The Labute approximate surface area is 98.0 Å². The summed E-state index contributed by atoms with van der Waals surface area (Å²) < 4.78 is 5.18. The van der Waals surface area contributed by atoms with Crippen LogP contribution in [0.5, 0.6) is 5.75 Å². The first-order valence-corrected chi connectivity index (χ1v) is 5.76. The van der Waals surface area contributed by atoms with Gasteiger partial charge < -0.3 is 15.8 Å². The van der Waals surface area contributed by atoms with Gasteiger partial charge in [-0.15, -0.1) is 0 Å². The molecular formula is C13H22N2O. The maximum atomic E-state index is 5.75. The van der Waals surface area contributed by atoms with Crippen molar-refractivity contribution in [2.75, 3.05) is 19.0 Å². The van der Waals surface area contributed by atoms with Gasteiger partial charge in [0.1, 0.15) is 5.75 Å². The summed E-state index contributed by atoms with van der Waals surface area (Å²) in [7, 11) is 1.67. The fourth-order valence-electron chi connectivity index (χ4n) is 1.73. The maximum absolute atomic E-state index is 5.75. The van der Waals surface area contributed by atoms with Gasteiger partial charge in [-0.05, 0) is 24.5 Å². The first-order valence-electron chi connectivity index (χ1n) is 5.76. The van der Waals surface area contributed by atoms with E-state index < -0.39 is 0 Å². The Morgan fingerprint density at radius 2 is 2.12 bits per heavy atom. The third-order valence-electron chi connectivity index (χ3n) is 2.48. The van der Waals surface area contributed by atoms with Crippen LogP contribution in [0, 0.1) is 5.92 Å². The molecule has 0 bridgehead atoms. The summed E-state index contributed by atoms with van der Waals surface area (Å²) >= 11 is 0. The number of nitrogens with two attached hydrogens (primary N) is 1. The van der Waals surface area contributed by atoms with E-state index in [2.05, 4.69) is 19.2 Å². The molecule has 0 heterocycles. The summed E-state index contributed by atoms with van der Waals surface area (Å²) in [5, 5.41) is 3.43. The molecule has 1 unspecified atom stereocenters. The van der Waals surface area contributed by atoms with Crippen molar-refractivity contribution in [1.29, 1.82) is 0 Å². The van der Waals surface area contributed by atoms with E-state index in [0.29, 0.717) is 18.5 Å². The minimum Gasteiger partial charge on any atom is -0.497 e. The predicted octanol–water partition coefficient (Wildman–Crippen LogP) is 2.48. The summed E-state index contributed by atoms with van der Waals surface area (Å²) in [6.45, 7) is 5.06. The lowest BCUT2D eigenvalue weighted by molar-refractivity contribution is 0.415. The molecule has 1 atom stereocenters. The van der Waals surface area contributed by atoms with Gasteiger partial charge in [-0.25, -0.2) is 0 Å². The molecule has 0 fully saturated rings. The van der Waals surface area contributed by atoms with Gasteiger partial charge in [0.15, 0.2) is 0 Å². The van der Waals surface area contributed by atoms with Crippen LogP contribution in [-0.4, -0.2) is 19.7 Å². The number of hydrogen-bond donors (Lipinski definition) is 2. The highest BCUT2D eigenvalue weighted by Gasteiger charge is 2.08. The fraction of sp³-hybridized carbons (Fsp3) is 0.538. The van der Waals surface area contributed by atoms with Crippen LogP contribution in [0.2, 0.25) is 0 Å². The molecule has 3 N–H and O–H groups in total. The van der Waals surface area contributed by atoms with E-state index in [1.807, 2.05) is 24.3 Å². The van der Waals surface area contributed by atoms with E-state index in [-0.39, 0.29) is 0 Å². The van der Waals surface area contributed by atoms with Crippen LogP contribution < -0.4 is 15.8 Å². The van der Waals surface area contributed by atoms with Gasteiger partial charge in [0.25, 0.3) is 0 Å². The zero-order valence-electron chi connectivity index (χ0n) is 10.4. The normalized spacial score (nSPS) is 12.6. The van der Waals surface area contributed by atoms with Gasteiger partial charge in [-0.2, -0.15) is 0 Å². The number of methoxy groups -OCH3 is 1. The smallest absolute Gasteiger partial charge is 0.120 e. The molecule has 90 valence electrons. The standard InChI is InChI=1S/C13H22N2O/c1-10(2)7-12(9-14)15-11-5-4-6-13(8-11)16-3/h4-6,8,10,12,15H,7,9,14H2,1-3H3. The van der Waals surface area contributed by atoms with Crippen molar-refractivity contribution >= 4 is 5.69 Å². The number of rotatable bonds is 6. The van der Waals surface area contributed by atoms with E-state index in [9.17, 15) is 0 Å². The van der Waals surface area contributed by atoms with E-state index in [4.69, 9.17) is 10.5 Å². The number of hydrogen-bond acceptors (Lipinski definition) is 3. The SMILES string of the molecule is COc1cccc(NC(CN)CC(C)C)c1. The molecule has 0 aliphatic heterocycles. The summed E-state index contributed by atoms with van der Waals surface area (Å²) in [6.07, 6.45) is 1.08. The second kappa shape index (κ2) is 6.38. The molecule has 0 aliphatic rings. The molecule has 16 heavy (non-hydrogen) atoms. The minimum atomic E-state index is 0.326. The van der Waals surface area contributed by atoms with Crippen molar-refractivity contribution in [2.24, 2.45) is 11.7 Å². The van der Waals surface area contributed by atoms with Crippen LogP contribution in [-0.2, 0) is 0 Å². The lowest BCUT2D eigenvalue weighted by Crippen LogP contribution is -2.30. The van der Waals surface area contributed by atoms with Crippen LogP contribution in [0.4, 0.5) is 5.69 Å². The lowest BCUT2D eigenvalue weighted by Gasteiger charge is -2.20. The molecule has 3 heteroatoms. The van der Waals surface area contributed by atoms with E-state index in [1.54, 1.807) is 7.11 Å². The van der Waals surface area contributed by atoms with Crippen molar-refractivity contribution in [3.8, 4) is 5.75 Å². The summed E-state index contributed by atoms with van der Waals surface area (Å²) in [4.78, 5) is 0. The molecule has 0 saturated heterocycles. The molecule has 0 aromatic heterocycles. The van der Waals surface area contributed by atoms with Crippen molar-refractivity contribution in [3.63, 3.8) is 0 Å². The number of anilines is 1. The Morgan fingerprint density at radius 1 is 1.38 bits per heavy atom. The Hall–Kier alpha value is -1.22.